The number of hydrogen-bond donors (Lipinski definition) is 0. The highest BCUT2D eigenvalue weighted by Gasteiger charge is 2.21. The van der Waals surface area contributed by atoms with Crippen LogP contribution < -0.4 is 0 Å². The predicted molar refractivity (Wildman–Crippen MR) is 121 cm³/mol. The maximum atomic E-state index is 4.83. The smallest absolute Gasteiger partial charge is 0.187 e. The van der Waals surface area contributed by atoms with E-state index in [0.29, 0.717) is 0 Å². The van der Waals surface area contributed by atoms with E-state index in [-0.39, 0.29) is 22.4 Å². The van der Waals surface area contributed by atoms with Gasteiger partial charge in [0.25, 0.3) is 0 Å². The summed E-state index contributed by atoms with van der Waals surface area (Å²) >= 11 is 5.20. The quantitative estimate of drug-likeness (QED) is 0.431. The largest absolute Gasteiger partial charge is 0.212 e. The molecule has 4 rings (SSSR count). The van der Waals surface area contributed by atoms with Crippen LogP contribution in [0.4, 0.5) is 0 Å². The third kappa shape index (κ3) is 4.20. The lowest BCUT2D eigenvalue weighted by Gasteiger charge is -2.19. The van der Waals surface area contributed by atoms with Crippen molar-refractivity contribution < 1.29 is 0 Å². The molecule has 27 heavy (non-hydrogen) atoms. The first-order valence-electron chi connectivity index (χ1n) is 8.45. The molecule has 0 amide bonds. The minimum Gasteiger partial charge on any atom is -0.187 e. The molecule has 3 aromatic rings. The number of thioether (sulfide) groups is 1. The second-order valence-electron chi connectivity index (χ2n) is 7.29. The van der Waals surface area contributed by atoms with E-state index in [1.807, 2.05) is 16.8 Å². The highest BCUT2D eigenvalue weighted by Crippen LogP contribution is 2.30. The minimum atomic E-state index is 0. The van der Waals surface area contributed by atoms with Crippen molar-refractivity contribution in [2.24, 2.45) is 5.10 Å². The molecule has 0 unspecified atom stereocenters. The lowest BCUT2D eigenvalue weighted by atomic mass is 9.87. The highest BCUT2D eigenvalue weighted by atomic mass is 79.9. The summed E-state index contributed by atoms with van der Waals surface area (Å²) in [6.45, 7) is 6.64. The summed E-state index contributed by atoms with van der Waals surface area (Å²) < 4.78 is 2.91. The summed E-state index contributed by atoms with van der Waals surface area (Å²) in [4.78, 5) is 0. The van der Waals surface area contributed by atoms with Crippen molar-refractivity contribution in [3.63, 3.8) is 0 Å². The van der Waals surface area contributed by atoms with Gasteiger partial charge in [0.15, 0.2) is 5.82 Å². The molecule has 7 heteroatoms. The van der Waals surface area contributed by atoms with E-state index in [1.54, 1.807) is 11.8 Å². The zero-order chi connectivity index (χ0) is 18.3. The number of hydrogen-bond acceptors (Lipinski definition) is 4. The summed E-state index contributed by atoms with van der Waals surface area (Å²) in [5.74, 6) is 1.57. The molecule has 1 aromatic heterocycles. The average Bonchev–Trinajstić information content (AvgIpc) is 3.04. The van der Waals surface area contributed by atoms with Crippen LogP contribution in [0.5, 0.6) is 0 Å². The number of benzene rings is 2. The first-order chi connectivity index (χ1) is 12.4. The number of fused-ring (bicyclic) bond motifs is 1. The molecule has 1 aliphatic rings. The molecule has 4 nitrogen and oxygen atoms in total. The summed E-state index contributed by atoms with van der Waals surface area (Å²) in [6.07, 6.45) is 0. The van der Waals surface area contributed by atoms with Gasteiger partial charge in [-0.2, -0.15) is 9.78 Å². The van der Waals surface area contributed by atoms with Gasteiger partial charge in [0.2, 0.25) is 5.16 Å². The van der Waals surface area contributed by atoms with Crippen LogP contribution in [0.3, 0.4) is 0 Å². The van der Waals surface area contributed by atoms with Gasteiger partial charge >= 0.3 is 0 Å². The SMILES string of the molecule is Br.CC(C)(C)c1ccc(-c2nnc3n2N=C(c2cccc(Br)c2)CS3)cc1. The molecule has 0 saturated heterocycles. The van der Waals surface area contributed by atoms with Gasteiger partial charge in [-0.1, -0.05) is 84.9 Å². The van der Waals surface area contributed by atoms with Crippen LogP contribution in [-0.2, 0) is 5.41 Å². The Morgan fingerprint density at radius 1 is 1.00 bits per heavy atom. The molecular formula is C20H20Br2N4S. The maximum Gasteiger partial charge on any atom is 0.212 e. The van der Waals surface area contributed by atoms with Gasteiger partial charge in [0.05, 0.1) is 5.71 Å². The van der Waals surface area contributed by atoms with Gasteiger partial charge in [-0.15, -0.1) is 27.2 Å². The molecule has 140 valence electrons. The molecular weight excluding hydrogens is 488 g/mol. The predicted octanol–water partition coefficient (Wildman–Crippen LogP) is 5.94. The second-order valence-corrected chi connectivity index (χ2v) is 9.15. The molecule has 0 saturated carbocycles. The Morgan fingerprint density at radius 2 is 1.74 bits per heavy atom. The Balaban J connectivity index is 0.00000210. The van der Waals surface area contributed by atoms with Crippen LogP contribution in [-0.4, -0.2) is 26.3 Å². The summed E-state index contributed by atoms with van der Waals surface area (Å²) in [6, 6.07) is 16.7. The maximum absolute atomic E-state index is 4.83. The first kappa shape index (κ1) is 20.3. The molecule has 0 bridgehead atoms. The van der Waals surface area contributed by atoms with Gasteiger partial charge < -0.3 is 0 Å². The molecule has 0 radical (unpaired) electrons. The molecule has 1 aliphatic heterocycles. The Labute approximate surface area is 182 Å². The fourth-order valence-corrected chi connectivity index (χ4v) is 4.07. The van der Waals surface area contributed by atoms with Crippen molar-refractivity contribution in [3.8, 4) is 11.4 Å². The van der Waals surface area contributed by atoms with Crippen molar-refractivity contribution in [1.82, 2.24) is 14.9 Å². The van der Waals surface area contributed by atoms with Gasteiger partial charge in [0.1, 0.15) is 0 Å². The van der Waals surface area contributed by atoms with Crippen molar-refractivity contribution >= 4 is 50.4 Å². The van der Waals surface area contributed by atoms with E-state index in [9.17, 15) is 0 Å². The van der Waals surface area contributed by atoms with E-state index in [0.717, 1.165) is 38.0 Å². The van der Waals surface area contributed by atoms with E-state index >= 15 is 0 Å². The lowest BCUT2D eigenvalue weighted by Crippen LogP contribution is -2.14. The van der Waals surface area contributed by atoms with Gasteiger partial charge in [-0.3, -0.25) is 0 Å². The van der Waals surface area contributed by atoms with Crippen molar-refractivity contribution in [3.05, 3.63) is 64.1 Å². The Morgan fingerprint density at radius 3 is 2.41 bits per heavy atom. The fraction of sp³-hybridized carbons (Fsp3) is 0.250. The topological polar surface area (TPSA) is 43.1 Å². The van der Waals surface area contributed by atoms with Crippen LogP contribution in [0.15, 0.2) is 63.3 Å². The van der Waals surface area contributed by atoms with Crippen molar-refractivity contribution in [2.75, 3.05) is 5.75 Å². The monoisotopic (exact) mass is 506 g/mol. The Kier molecular flexibility index (Phi) is 5.93. The number of halogens is 2. The molecule has 0 atom stereocenters. The summed E-state index contributed by atoms with van der Waals surface area (Å²) in [5, 5.41) is 14.4. The van der Waals surface area contributed by atoms with Gasteiger partial charge in [0, 0.05) is 15.8 Å². The van der Waals surface area contributed by atoms with Crippen LogP contribution in [0, 0.1) is 0 Å². The average molecular weight is 508 g/mol. The Bertz CT molecular complexity index is 988. The number of rotatable bonds is 2. The van der Waals surface area contributed by atoms with Crippen molar-refractivity contribution in [2.45, 2.75) is 31.3 Å². The Hall–Kier alpha value is -1.44. The van der Waals surface area contributed by atoms with E-state index < -0.39 is 0 Å². The summed E-state index contributed by atoms with van der Waals surface area (Å²) in [7, 11) is 0. The number of aromatic nitrogens is 3. The fourth-order valence-electron chi connectivity index (χ4n) is 2.84. The molecule has 2 aromatic carbocycles. The van der Waals surface area contributed by atoms with Crippen molar-refractivity contribution in [1.29, 1.82) is 0 Å². The van der Waals surface area contributed by atoms with E-state index in [2.05, 4.69) is 83.3 Å². The van der Waals surface area contributed by atoms with E-state index in [4.69, 9.17) is 5.10 Å². The van der Waals surface area contributed by atoms with Crippen LogP contribution in [0.1, 0.15) is 31.9 Å². The first-order valence-corrected chi connectivity index (χ1v) is 10.2. The zero-order valence-corrected chi connectivity index (χ0v) is 19.4. The molecule has 0 aliphatic carbocycles. The molecule has 2 heterocycles. The summed E-state index contributed by atoms with van der Waals surface area (Å²) in [5.41, 5.74) is 4.59. The van der Waals surface area contributed by atoms with Gasteiger partial charge in [-0.25, -0.2) is 0 Å². The lowest BCUT2D eigenvalue weighted by molar-refractivity contribution is 0.590. The minimum absolute atomic E-state index is 0. The normalized spacial score (nSPS) is 13.6. The zero-order valence-electron chi connectivity index (χ0n) is 15.3. The third-order valence-corrected chi connectivity index (χ3v) is 5.76. The van der Waals surface area contributed by atoms with Crippen LogP contribution in [0.25, 0.3) is 11.4 Å². The molecule has 0 fully saturated rings. The van der Waals surface area contributed by atoms with E-state index in [1.165, 1.54) is 5.56 Å². The highest BCUT2D eigenvalue weighted by molar-refractivity contribution is 9.10. The standard InChI is InChI=1S/C20H19BrN4S.BrH/c1-20(2,3)15-9-7-13(8-10-15)18-22-23-19-25(18)24-17(12-26-19)14-5-4-6-16(21)11-14;/h4-11H,12H2,1-3H3;1H. The molecule has 0 N–H and O–H groups in total. The van der Waals surface area contributed by atoms with Gasteiger partial charge in [-0.05, 0) is 28.7 Å². The molecule has 0 spiro atoms. The van der Waals surface area contributed by atoms with Crippen LogP contribution in [0.2, 0.25) is 0 Å². The van der Waals surface area contributed by atoms with Crippen LogP contribution >= 0.6 is 44.7 Å². The second kappa shape index (κ2) is 7.89. The number of nitrogens with zero attached hydrogens (tertiary/aromatic N) is 4. The third-order valence-electron chi connectivity index (χ3n) is 4.34.